The van der Waals surface area contributed by atoms with Gasteiger partial charge in [-0.05, 0) is 30.2 Å². The Bertz CT molecular complexity index is 720. The second-order valence-electron chi connectivity index (χ2n) is 9.58. The molecule has 0 aliphatic carbocycles. The number of aliphatic hydroxyl groups excluding tert-OH is 1. The lowest BCUT2D eigenvalue weighted by molar-refractivity contribution is -0.122. The number of unbranched alkanes of at least 4 members (excludes halogenated alkanes) is 14. The number of amides is 1. The standard InChI is InChI=1S/C29H47FN2O3/c1-2-3-4-5-6-7-8-9-10-11-12-13-14-15-16-17-29(34)32-22-28(23-33)35-24-26-18-25(21-31)19-27(30)20-26/h18-20,28,33H,2-17,22-24H2,1H3,(H,32,34)/t28-/m1/s1. The Balaban J connectivity index is 1.98. The van der Waals surface area contributed by atoms with E-state index < -0.39 is 11.9 Å². The molecule has 35 heavy (non-hydrogen) atoms. The Morgan fingerprint density at radius 1 is 0.943 bits per heavy atom. The molecule has 0 unspecified atom stereocenters. The molecular formula is C29H47FN2O3. The van der Waals surface area contributed by atoms with Gasteiger partial charge in [-0.25, -0.2) is 4.39 Å². The van der Waals surface area contributed by atoms with E-state index in [2.05, 4.69) is 12.2 Å². The fraction of sp³-hybridized carbons (Fsp3) is 0.724. The smallest absolute Gasteiger partial charge is 0.220 e. The summed E-state index contributed by atoms with van der Waals surface area (Å²) >= 11 is 0. The van der Waals surface area contributed by atoms with Crippen LogP contribution < -0.4 is 5.32 Å². The van der Waals surface area contributed by atoms with Crippen LogP contribution in [0, 0.1) is 17.1 Å². The lowest BCUT2D eigenvalue weighted by Gasteiger charge is -2.16. The molecule has 0 spiro atoms. The lowest BCUT2D eigenvalue weighted by Crippen LogP contribution is -2.35. The highest BCUT2D eigenvalue weighted by Gasteiger charge is 2.11. The zero-order valence-corrected chi connectivity index (χ0v) is 21.8. The molecule has 1 atom stereocenters. The molecule has 2 N–H and O–H groups in total. The number of nitriles is 1. The summed E-state index contributed by atoms with van der Waals surface area (Å²) < 4.78 is 19.1. The predicted octanol–water partition coefficient (Wildman–Crippen LogP) is 6.95. The van der Waals surface area contributed by atoms with E-state index in [4.69, 9.17) is 10.00 Å². The van der Waals surface area contributed by atoms with Gasteiger partial charge in [0.1, 0.15) is 5.82 Å². The minimum absolute atomic E-state index is 0.0423. The van der Waals surface area contributed by atoms with Crippen molar-refractivity contribution in [2.45, 2.75) is 122 Å². The third kappa shape index (κ3) is 17.2. The molecule has 1 rings (SSSR count). The van der Waals surface area contributed by atoms with Crippen LogP contribution in [-0.4, -0.2) is 30.3 Å². The highest BCUT2D eigenvalue weighted by atomic mass is 19.1. The quantitative estimate of drug-likeness (QED) is 0.172. The summed E-state index contributed by atoms with van der Waals surface area (Å²) in [7, 11) is 0. The van der Waals surface area contributed by atoms with Crippen molar-refractivity contribution < 1.29 is 19.0 Å². The number of carbonyl (C=O) groups is 1. The summed E-state index contributed by atoms with van der Waals surface area (Å²) in [4.78, 5) is 12.1. The summed E-state index contributed by atoms with van der Waals surface area (Å²) in [5.74, 6) is -0.542. The van der Waals surface area contributed by atoms with E-state index in [9.17, 15) is 14.3 Å². The molecule has 198 valence electrons. The Kier molecular flexibility index (Phi) is 18.9. The zero-order chi connectivity index (χ0) is 25.6. The molecule has 0 bridgehead atoms. The van der Waals surface area contributed by atoms with Crippen molar-refractivity contribution in [1.82, 2.24) is 5.32 Å². The largest absolute Gasteiger partial charge is 0.394 e. The fourth-order valence-corrected chi connectivity index (χ4v) is 4.16. The average Bonchev–Trinajstić information content (AvgIpc) is 2.86. The van der Waals surface area contributed by atoms with Gasteiger partial charge in [0.15, 0.2) is 0 Å². The molecule has 1 aromatic rings. The first-order valence-corrected chi connectivity index (χ1v) is 13.8. The van der Waals surface area contributed by atoms with Crippen molar-refractivity contribution >= 4 is 5.91 Å². The first kappa shape index (κ1) is 31.1. The Morgan fingerprint density at radius 3 is 2.00 bits per heavy atom. The number of halogens is 1. The van der Waals surface area contributed by atoms with Gasteiger partial charge in [-0.2, -0.15) is 5.26 Å². The van der Waals surface area contributed by atoms with Gasteiger partial charge >= 0.3 is 0 Å². The number of nitrogens with zero attached hydrogens (tertiary/aromatic N) is 1. The van der Waals surface area contributed by atoms with Gasteiger partial charge in [-0.15, -0.1) is 0 Å². The summed E-state index contributed by atoms with van der Waals surface area (Å²) in [6, 6.07) is 5.90. The Labute approximate surface area is 212 Å². The topological polar surface area (TPSA) is 82.3 Å². The zero-order valence-electron chi connectivity index (χ0n) is 21.8. The third-order valence-electron chi connectivity index (χ3n) is 6.31. The van der Waals surface area contributed by atoms with Crippen LogP contribution in [0.1, 0.15) is 121 Å². The molecule has 1 amide bonds. The minimum atomic E-state index is -0.575. The molecule has 0 fully saturated rings. The first-order chi connectivity index (χ1) is 17.1. The normalized spacial score (nSPS) is 11.8. The van der Waals surface area contributed by atoms with Gasteiger partial charge in [-0.1, -0.05) is 96.8 Å². The van der Waals surface area contributed by atoms with Gasteiger partial charge in [0.05, 0.1) is 31.0 Å². The highest BCUT2D eigenvalue weighted by molar-refractivity contribution is 5.75. The van der Waals surface area contributed by atoms with E-state index in [0.717, 1.165) is 18.9 Å². The number of carbonyl (C=O) groups excluding carboxylic acids is 1. The molecule has 1 aromatic carbocycles. The number of hydrogen-bond acceptors (Lipinski definition) is 4. The Hall–Kier alpha value is -1.97. The number of ether oxygens (including phenoxy) is 1. The molecule has 0 saturated heterocycles. The van der Waals surface area contributed by atoms with E-state index in [1.807, 2.05) is 6.07 Å². The van der Waals surface area contributed by atoms with E-state index >= 15 is 0 Å². The minimum Gasteiger partial charge on any atom is -0.394 e. The van der Waals surface area contributed by atoms with Gasteiger partial charge in [-0.3, -0.25) is 4.79 Å². The molecule has 0 aliphatic heterocycles. The number of rotatable bonds is 22. The van der Waals surface area contributed by atoms with Crippen molar-refractivity contribution in [2.75, 3.05) is 13.2 Å². The monoisotopic (exact) mass is 490 g/mol. The van der Waals surface area contributed by atoms with Crippen molar-refractivity contribution in [2.24, 2.45) is 0 Å². The van der Waals surface area contributed by atoms with Crippen molar-refractivity contribution in [1.29, 1.82) is 5.26 Å². The first-order valence-electron chi connectivity index (χ1n) is 13.8. The maximum absolute atomic E-state index is 13.5. The maximum atomic E-state index is 13.5. The van der Waals surface area contributed by atoms with Crippen molar-refractivity contribution in [3.05, 3.63) is 35.1 Å². The Morgan fingerprint density at radius 2 is 1.49 bits per heavy atom. The van der Waals surface area contributed by atoms with Gasteiger partial charge in [0.2, 0.25) is 5.91 Å². The highest BCUT2D eigenvalue weighted by Crippen LogP contribution is 2.14. The van der Waals surface area contributed by atoms with Crippen LogP contribution in [0.2, 0.25) is 0 Å². The second-order valence-corrected chi connectivity index (χ2v) is 9.58. The molecule has 0 aromatic heterocycles. The van der Waals surface area contributed by atoms with Crippen molar-refractivity contribution in [3.63, 3.8) is 0 Å². The van der Waals surface area contributed by atoms with Crippen LogP contribution >= 0.6 is 0 Å². The van der Waals surface area contributed by atoms with E-state index in [0.29, 0.717) is 12.0 Å². The van der Waals surface area contributed by atoms with Crippen LogP contribution in [0.25, 0.3) is 0 Å². The average molecular weight is 491 g/mol. The van der Waals surface area contributed by atoms with Crippen LogP contribution in [0.4, 0.5) is 4.39 Å². The molecule has 0 saturated carbocycles. The molecule has 0 aliphatic rings. The van der Waals surface area contributed by atoms with Gasteiger partial charge in [0, 0.05) is 13.0 Å². The van der Waals surface area contributed by atoms with Gasteiger partial charge in [0.25, 0.3) is 0 Å². The molecule has 0 radical (unpaired) electrons. The fourth-order valence-electron chi connectivity index (χ4n) is 4.16. The molecule has 0 heterocycles. The van der Waals surface area contributed by atoms with E-state index in [-0.39, 0.29) is 31.2 Å². The molecule has 5 nitrogen and oxygen atoms in total. The molecular weight excluding hydrogens is 443 g/mol. The number of aliphatic hydroxyl groups is 1. The summed E-state index contributed by atoms with van der Waals surface area (Å²) in [6.45, 7) is 2.28. The third-order valence-corrected chi connectivity index (χ3v) is 6.31. The summed E-state index contributed by atoms with van der Waals surface area (Å²) in [5.41, 5.74) is 0.741. The maximum Gasteiger partial charge on any atom is 0.220 e. The van der Waals surface area contributed by atoms with Crippen LogP contribution in [0.15, 0.2) is 18.2 Å². The second kappa shape index (κ2) is 21.3. The summed E-state index contributed by atoms with van der Waals surface area (Å²) in [5, 5.41) is 21.2. The summed E-state index contributed by atoms with van der Waals surface area (Å²) in [6.07, 6.45) is 19.3. The van der Waals surface area contributed by atoms with Crippen molar-refractivity contribution in [3.8, 4) is 6.07 Å². The van der Waals surface area contributed by atoms with E-state index in [1.54, 1.807) is 6.07 Å². The van der Waals surface area contributed by atoms with E-state index in [1.165, 1.54) is 89.5 Å². The molecule has 6 heteroatoms. The van der Waals surface area contributed by atoms with Crippen LogP contribution in [-0.2, 0) is 16.1 Å². The number of hydrogen-bond donors (Lipinski definition) is 2. The lowest BCUT2D eigenvalue weighted by atomic mass is 10.0. The SMILES string of the molecule is CCCCCCCCCCCCCCCCCC(=O)NC[C@H](CO)OCc1cc(F)cc(C#N)c1. The number of nitrogens with one attached hydrogen (secondary N) is 1. The van der Waals surface area contributed by atoms with Gasteiger partial charge < -0.3 is 15.2 Å². The van der Waals surface area contributed by atoms with Crippen LogP contribution in [0.3, 0.4) is 0 Å². The number of benzene rings is 1. The van der Waals surface area contributed by atoms with Crippen LogP contribution in [0.5, 0.6) is 0 Å². The predicted molar refractivity (Wildman–Crippen MR) is 139 cm³/mol.